The largest absolute Gasteiger partial charge is 0.397 e. The second-order valence-electron chi connectivity index (χ2n) is 4.54. The average molecular weight is 261 g/mol. The molecule has 0 spiro atoms. The van der Waals surface area contributed by atoms with Crippen molar-refractivity contribution < 1.29 is 0 Å². The van der Waals surface area contributed by atoms with Crippen molar-refractivity contribution >= 4 is 28.7 Å². The molecule has 0 aromatic heterocycles. The summed E-state index contributed by atoms with van der Waals surface area (Å²) in [6.45, 7) is 6.35. The van der Waals surface area contributed by atoms with Crippen LogP contribution >= 0.6 is 11.6 Å². The van der Waals surface area contributed by atoms with E-state index in [-0.39, 0.29) is 0 Å². The Kier molecular flexibility index (Phi) is 3.48. The molecule has 0 atom stereocenters. The van der Waals surface area contributed by atoms with Gasteiger partial charge in [-0.15, -0.1) is 0 Å². The lowest BCUT2D eigenvalue weighted by Crippen LogP contribution is -1.99. The van der Waals surface area contributed by atoms with Gasteiger partial charge in [0.1, 0.15) is 0 Å². The van der Waals surface area contributed by atoms with Gasteiger partial charge in [0.05, 0.1) is 11.4 Å². The molecule has 0 heterocycles. The summed E-state index contributed by atoms with van der Waals surface area (Å²) < 4.78 is 0. The minimum atomic E-state index is 0.648. The SMILES string of the molecule is Cc1ccc(Nc2ccc(Cl)cc2N)c(C)c1C. The number of nitrogens with one attached hydrogen (secondary N) is 1. The zero-order valence-electron chi connectivity index (χ0n) is 10.8. The van der Waals surface area contributed by atoms with E-state index in [1.165, 1.54) is 16.7 Å². The van der Waals surface area contributed by atoms with Gasteiger partial charge >= 0.3 is 0 Å². The van der Waals surface area contributed by atoms with Gasteiger partial charge in [-0.2, -0.15) is 0 Å². The van der Waals surface area contributed by atoms with Gasteiger partial charge in [0, 0.05) is 10.7 Å². The van der Waals surface area contributed by atoms with Crippen molar-refractivity contribution in [1.29, 1.82) is 0 Å². The highest BCUT2D eigenvalue weighted by Crippen LogP contribution is 2.29. The molecule has 0 saturated carbocycles. The number of hydrogen-bond acceptors (Lipinski definition) is 2. The third-order valence-electron chi connectivity index (χ3n) is 3.34. The van der Waals surface area contributed by atoms with Crippen LogP contribution in [0.5, 0.6) is 0 Å². The molecule has 0 bridgehead atoms. The Morgan fingerprint density at radius 2 is 1.61 bits per heavy atom. The smallest absolute Gasteiger partial charge is 0.0619 e. The van der Waals surface area contributed by atoms with Crippen molar-refractivity contribution in [2.75, 3.05) is 11.1 Å². The van der Waals surface area contributed by atoms with E-state index in [1.54, 1.807) is 6.07 Å². The molecule has 0 aliphatic heterocycles. The maximum Gasteiger partial charge on any atom is 0.0619 e. The van der Waals surface area contributed by atoms with Gasteiger partial charge in [-0.05, 0) is 61.7 Å². The van der Waals surface area contributed by atoms with Crippen molar-refractivity contribution in [1.82, 2.24) is 0 Å². The second-order valence-corrected chi connectivity index (χ2v) is 4.97. The Balaban J connectivity index is 2.37. The third-order valence-corrected chi connectivity index (χ3v) is 3.58. The number of nitrogens with two attached hydrogens (primary N) is 1. The third kappa shape index (κ3) is 2.44. The molecule has 0 saturated heterocycles. The molecule has 0 radical (unpaired) electrons. The van der Waals surface area contributed by atoms with Crippen LogP contribution in [-0.2, 0) is 0 Å². The van der Waals surface area contributed by atoms with Gasteiger partial charge in [0.15, 0.2) is 0 Å². The van der Waals surface area contributed by atoms with Crippen LogP contribution in [0.4, 0.5) is 17.1 Å². The molecule has 0 aliphatic rings. The molecule has 2 aromatic rings. The monoisotopic (exact) mass is 260 g/mol. The first kappa shape index (κ1) is 12.8. The van der Waals surface area contributed by atoms with Gasteiger partial charge in [-0.25, -0.2) is 0 Å². The number of halogens is 1. The fourth-order valence-electron chi connectivity index (χ4n) is 1.88. The molecule has 18 heavy (non-hydrogen) atoms. The number of anilines is 3. The highest BCUT2D eigenvalue weighted by molar-refractivity contribution is 6.31. The van der Waals surface area contributed by atoms with Gasteiger partial charge < -0.3 is 11.1 Å². The number of benzene rings is 2. The Bertz CT molecular complexity index is 591. The molecule has 2 rings (SSSR count). The Morgan fingerprint density at radius 3 is 2.28 bits per heavy atom. The van der Waals surface area contributed by atoms with Crippen LogP contribution in [0, 0.1) is 20.8 Å². The standard InChI is InChI=1S/C15H17ClN2/c1-9-4-6-14(11(3)10(9)2)18-15-7-5-12(16)8-13(15)17/h4-8,18H,17H2,1-3H3. The second kappa shape index (κ2) is 4.91. The van der Waals surface area contributed by atoms with Gasteiger partial charge in [0.25, 0.3) is 0 Å². The maximum atomic E-state index is 5.94. The summed E-state index contributed by atoms with van der Waals surface area (Å²) in [5.41, 5.74) is 12.4. The van der Waals surface area contributed by atoms with E-state index in [9.17, 15) is 0 Å². The van der Waals surface area contributed by atoms with Crippen molar-refractivity contribution in [3.63, 3.8) is 0 Å². The summed E-state index contributed by atoms with van der Waals surface area (Å²) in [5.74, 6) is 0. The summed E-state index contributed by atoms with van der Waals surface area (Å²) >= 11 is 5.89. The molecule has 2 nitrogen and oxygen atoms in total. The summed E-state index contributed by atoms with van der Waals surface area (Å²) in [4.78, 5) is 0. The lowest BCUT2D eigenvalue weighted by atomic mass is 10.0. The number of hydrogen-bond donors (Lipinski definition) is 2. The molecule has 2 aromatic carbocycles. The molecule has 0 unspecified atom stereocenters. The minimum Gasteiger partial charge on any atom is -0.397 e. The van der Waals surface area contributed by atoms with Crippen LogP contribution in [0.15, 0.2) is 30.3 Å². The summed E-state index contributed by atoms with van der Waals surface area (Å²) in [5, 5.41) is 4.00. The lowest BCUT2D eigenvalue weighted by molar-refractivity contribution is 1.26. The molecule has 3 heteroatoms. The lowest BCUT2D eigenvalue weighted by Gasteiger charge is -2.15. The maximum absolute atomic E-state index is 5.94. The van der Waals surface area contributed by atoms with Crippen LogP contribution in [-0.4, -0.2) is 0 Å². The first-order valence-electron chi connectivity index (χ1n) is 5.88. The molecular formula is C15H17ClN2. The fourth-order valence-corrected chi connectivity index (χ4v) is 2.06. The number of nitrogen functional groups attached to an aromatic ring is 1. The van der Waals surface area contributed by atoms with Gasteiger partial charge in [-0.3, -0.25) is 0 Å². The Labute approximate surface area is 113 Å². The Hall–Kier alpha value is -1.67. The minimum absolute atomic E-state index is 0.648. The average Bonchev–Trinajstić information content (AvgIpc) is 2.33. The van der Waals surface area contributed by atoms with Crippen molar-refractivity contribution in [3.8, 4) is 0 Å². The predicted octanol–water partition coefficient (Wildman–Crippen LogP) is 4.59. The fraction of sp³-hybridized carbons (Fsp3) is 0.200. The predicted molar refractivity (Wildman–Crippen MR) is 79.8 cm³/mol. The summed E-state index contributed by atoms with van der Waals surface area (Å²) in [6.07, 6.45) is 0. The summed E-state index contributed by atoms with van der Waals surface area (Å²) in [7, 11) is 0. The highest BCUT2D eigenvalue weighted by atomic mass is 35.5. The topological polar surface area (TPSA) is 38.0 Å². The zero-order chi connectivity index (χ0) is 13.3. The highest BCUT2D eigenvalue weighted by Gasteiger charge is 2.06. The van der Waals surface area contributed by atoms with E-state index >= 15 is 0 Å². The van der Waals surface area contributed by atoms with Crippen LogP contribution in [0.1, 0.15) is 16.7 Å². The summed E-state index contributed by atoms with van der Waals surface area (Å²) in [6, 6.07) is 9.66. The first-order valence-corrected chi connectivity index (χ1v) is 6.25. The van der Waals surface area contributed by atoms with Crippen molar-refractivity contribution in [2.24, 2.45) is 0 Å². The van der Waals surface area contributed by atoms with Gasteiger partial charge in [-0.1, -0.05) is 17.7 Å². The van der Waals surface area contributed by atoms with E-state index < -0.39 is 0 Å². The van der Waals surface area contributed by atoms with Crippen molar-refractivity contribution in [2.45, 2.75) is 20.8 Å². The van der Waals surface area contributed by atoms with Crippen LogP contribution < -0.4 is 11.1 Å². The number of rotatable bonds is 2. The molecule has 3 N–H and O–H groups in total. The first-order chi connectivity index (χ1) is 8.49. The molecular weight excluding hydrogens is 244 g/mol. The molecule has 0 aliphatic carbocycles. The van der Waals surface area contributed by atoms with Crippen molar-refractivity contribution in [3.05, 3.63) is 52.0 Å². The quantitative estimate of drug-likeness (QED) is 0.775. The van der Waals surface area contributed by atoms with Crippen LogP contribution in [0.3, 0.4) is 0 Å². The van der Waals surface area contributed by atoms with E-state index in [0.29, 0.717) is 10.7 Å². The molecule has 94 valence electrons. The van der Waals surface area contributed by atoms with Gasteiger partial charge in [0.2, 0.25) is 0 Å². The van der Waals surface area contributed by atoms with E-state index in [0.717, 1.165) is 11.4 Å². The van der Waals surface area contributed by atoms with E-state index in [1.807, 2.05) is 12.1 Å². The zero-order valence-corrected chi connectivity index (χ0v) is 11.6. The normalized spacial score (nSPS) is 10.4. The van der Waals surface area contributed by atoms with E-state index in [4.69, 9.17) is 17.3 Å². The molecule has 0 fully saturated rings. The molecule has 0 amide bonds. The van der Waals surface area contributed by atoms with Crippen LogP contribution in [0.2, 0.25) is 5.02 Å². The van der Waals surface area contributed by atoms with E-state index in [2.05, 4.69) is 38.2 Å². The number of aryl methyl sites for hydroxylation is 1. The van der Waals surface area contributed by atoms with Crippen LogP contribution in [0.25, 0.3) is 0 Å². The Morgan fingerprint density at radius 1 is 0.944 bits per heavy atom.